The van der Waals surface area contributed by atoms with E-state index in [1.807, 2.05) is 37.3 Å². The fourth-order valence-corrected chi connectivity index (χ4v) is 2.02. The summed E-state index contributed by atoms with van der Waals surface area (Å²) in [6.07, 6.45) is 1.85. The third-order valence-electron chi connectivity index (χ3n) is 2.05. The lowest BCUT2D eigenvalue weighted by molar-refractivity contribution is -0.115. The van der Waals surface area contributed by atoms with Crippen molar-refractivity contribution in [3.8, 4) is 0 Å². The Hall–Kier alpha value is -1.26. The summed E-state index contributed by atoms with van der Waals surface area (Å²) < 4.78 is 0. The zero-order chi connectivity index (χ0) is 12.5. The molecule has 2 N–H and O–H groups in total. The molecule has 0 radical (unpaired) electrons. The smallest absolute Gasteiger partial charge is 0.238 e. The summed E-state index contributed by atoms with van der Waals surface area (Å²) in [6.45, 7) is 6.80. The summed E-state index contributed by atoms with van der Waals surface area (Å²) >= 11 is 1.66. The van der Waals surface area contributed by atoms with Crippen LogP contribution in [0.15, 0.2) is 41.8 Å². The Morgan fingerprint density at radius 2 is 2.24 bits per heavy atom. The van der Waals surface area contributed by atoms with E-state index >= 15 is 0 Å². The highest BCUT2D eigenvalue weighted by Gasteiger charge is 2.05. The molecule has 4 heteroatoms. The molecule has 3 nitrogen and oxygen atoms in total. The van der Waals surface area contributed by atoms with Gasteiger partial charge < -0.3 is 10.6 Å². The Balaban J connectivity index is 2.62. The number of para-hydroxylation sites is 1. The van der Waals surface area contributed by atoms with Crippen molar-refractivity contribution in [2.45, 2.75) is 11.8 Å². The summed E-state index contributed by atoms with van der Waals surface area (Å²) in [4.78, 5) is 12.7. The van der Waals surface area contributed by atoms with Gasteiger partial charge in [-0.15, -0.1) is 18.3 Å². The van der Waals surface area contributed by atoms with Crippen LogP contribution in [0.25, 0.3) is 0 Å². The Labute approximate surface area is 107 Å². The molecular weight excluding hydrogens is 232 g/mol. The van der Waals surface area contributed by atoms with Gasteiger partial charge in [-0.25, -0.2) is 0 Å². The van der Waals surface area contributed by atoms with E-state index in [1.54, 1.807) is 11.8 Å². The standard InChI is InChI=1S/C13H18N2OS/c1-3-9-17-12-8-6-5-7-11(12)15-13(16)10-14-4-2/h3,5-8,14H,1,4,9-10H2,2H3,(H,15,16). The molecule has 0 fully saturated rings. The lowest BCUT2D eigenvalue weighted by Crippen LogP contribution is -2.27. The first kappa shape index (κ1) is 13.8. The highest BCUT2D eigenvalue weighted by atomic mass is 32.2. The zero-order valence-corrected chi connectivity index (χ0v) is 10.8. The van der Waals surface area contributed by atoms with E-state index in [1.165, 1.54) is 0 Å². The number of hydrogen-bond acceptors (Lipinski definition) is 3. The fourth-order valence-electron chi connectivity index (χ4n) is 1.28. The largest absolute Gasteiger partial charge is 0.324 e. The van der Waals surface area contributed by atoms with Crippen LogP contribution in [-0.2, 0) is 4.79 Å². The van der Waals surface area contributed by atoms with Crippen molar-refractivity contribution in [3.63, 3.8) is 0 Å². The van der Waals surface area contributed by atoms with Gasteiger partial charge in [0.2, 0.25) is 5.91 Å². The fraction of sp³-hybridized carbons (Fsp3) is 0.308. The van der Waals surface area contributed by atoms with Gasteiger partial charge in [-0.1, -0.05) is 25.1 Å². The Kier molecular flexibility index (Phi) is 6.43. The van der Waals surface area contributed by atoms with E-state index in [9.17, 15) is 4.79 Å². The van der Waals surface area contributed by atoms with Gasteiger partial charge in [-0.05, 0) is 18.7 Å². The summed E-state index contributed by atoms with van der Waals surface area (Å²) in [6, 6.07) is 7.79. The van der Waals surface area contributed by atoms with E-state index in [2.05, 4.69) is 17.2 Å². The quantitative estimate of drug-likeness (QED) is 0.577. The molecule has 92 valence electrons. The van der Waals surface area contributed by atoms with Crippen molar-refractivity contribution in [2.75, 3.05) is 24.2 Å². The van der Waals surface area contributed by atoms with Crippen molar-refractivity contribution in [1.82, 2.24) is 5.32 Å². The number of likely N-dealkylation sites (N-methyl/N-ethyl adjacent to an activating group) is 1. The van der Waals surface area contributed by atoms with Gasteiger partial charge in [-0.2, -0.15) is 0 Å². The summed E-state index contributed by atoms with van der Waals surface area (Å²) in [5.41, 5.74) is 0.863. The van der Waals surface area contributed by atoms with E-state index in [4.69, 9.17) is 0 Å². The highest BCUT2D eigenvalue weighted by molar-refractivity contribution is 7.99. The Bertz CT molecular complexity index is 379. The number of anilines is 1. The van der Waals surface area contributed by atoms with Gasteiger partial charge in [0.15, 0.2) is 0 Å². The second-order valence-electron chi connectivity index (χ2n) is 3.42. The zero-order valence-electron chi connectivity index (χ0n) is 10.0. The second-order valence-corrected chi connectivity index (χ2v) is 4.49. The van der Waals surface area contributed by atoms with Gasteiger partial charge in [0.25, 0.3) is 0 Å². The average molecular weight is 250 g/mol. The molecule has 0 aromatic heterocycles. The summed E-state index contributed by atoms with van der Waals surface area (Å²) in [7, 11) is 0. The maximum absolute atomic E-state index is 11.6. The average Bonchev–Trinajstić information content (AvgIpc) is 2.35. The molecule has 0 saturated heterocycles. The van der Waals surface area contributed by atoms with Gasteiger partial charge in [0, 0.05) is 10.6 Å². The monoisotopic (exact) mass is 250 g/mol. The SMILES string of the molecule is C=CCSc1ccccc1NC(=O)CNCC. The van der Waals surface area contributed by atoms with Crippen LogP contribution in [0.5, 0.6) is 0 Å². The maximum atomic E-state index is 11.6. The van der Waals surface area contributed by atoms with Crippen LogP contribution in [0.2, 0.25) is 0 Å². The van der Waals surface area contributed by atoms with Crippen LogP contribution < -0.4 is 10.6 Å². The molecule has 0 bridgehead atoms. The van der Waals surface area contributed by atoms with Crippen LogP contribution in [-0.4, -0.2) is 24.7 Å². The van der Waals surface area contributed by atoms with Crippen LogP contribution in [0.3, 0.4) is 0 Å². The molecule has 0 aliphatic rings. The molecule has 1 aromatic rings. The molecular formula is C13H18N2OS. The Morgan fingerprint density at radius 1 is 1.47 bits per heavy atom. The predicted molar refractivity (Wildman–Crippen MR) is 74.5 cm³/mol. The maximum Gasteiger partial charge on any atom is 0.238 e. The molecule has 0 aliphatic heterocycles. The molecule has 1 rings (SSSR count). The first-order valence-electron chi connectivity index (χ1n) is 5.61. The van der Waals surface area contributed by atoms with E-state index in [-0.39, 0.29) is 5.91 Å². The molecule has 1 aromatic carbocycles. The first-order chi connectivity index (χ1) is 8.27. The molecule has 1 amide bonds. The number of benzene rings is 1. The number of hydrogen-bond donors (Lipinski definition) is 2. The number of rotatable bonds is 7. The number of carbonyl (C=O) groups is 1. The van der Waals surface area contributed by atoms with Crippen molar-refractivity contribution in [1.29, 1.82) is 0 Å². The highest BCUT2D eigenvalue weighted by Crippen LogP contribution is 2.26. The molecule has 17 heavy (non-hydrogen) atoms. The van der Waals surface area contributed by atoms with Gasteiger partial charge in [0.1, 0.15) is 0 Å². The van der Waals surface area contributed by atoms with Crippen molar-refractivity contribution >= 4 is 23.4 Å². The van der Waals surface area contributed by atoms with Crippen molar-refractivity contribution < 1.29 is 4.79 Å². The summed E-state index contributed by atoms with van der Waals surface area (Å²) in [5, 5.41) is 5.89. The number of carbonyl (C=O) groups excluding carboxylic acids is 1. The van der Waals surface area contributed by atoms with Crippen LogP contribution in [0.1, 0.15) is 6.92 Å². The van der Waals surface area contributed by atoms with E-state index < -0.39 is 0 Å². The van der Waals surface area contributed by atoms with Crippen molar-refractivity contribution in [3.05, 3.63) is 36.9 Å². The van der Waals surface area contributed by atoms with E-state index in [0.717, 1.165) is 22.9 Å². The minimum Gasteiger partial charge on any atom is -0.324 e. The van der Waals surface area contributed by atoms with Crippen molar-refractivity contribution in [2.24, 2.45) is 0 Å². The van der Waals surface area contributed by atoms with Gasteiger partial charge in [-0.3, -0.25) is 4.79 Å². The number of amides is 1. The van der Waals surface area contributed by atoms with Gasteiger partial charge in [0.05, 0.1) is 12.2 Å². The second kappa shape index (κ2) is 7.92. The molecule has 0 saturated carbocycles. The van der Waals surface area contributed by atoms with Crippen LogP contribution >= 0.6 is 11.8 Å². The topological polar surface area (TPSA) is 41.1 Å². The lowest BCUT2D eigenvalue weighted by atomic mass is 10.3. The molecule has 0 atom stereocenters. The Morgan fingerprint density at radius 3 is 2.94 bits per heavy atom. The molecule has 0 heterocycles. The van der Waals surface area contributed by atoms with E-state index in [0.29, 0.717) is 6.54 Å². The summed E-state index contributed by atoms with van der Waals surface area (Å²) in [5.74, 6) is 0.818. The molecule has 0 spiro atoms. The minimum absolute atomic E-state index is 0.0153. The first-order valence-corrected chi connectivity index (χ1v) is 6.59. The number of thioether (sulfide) groups is 1. The third kappa shape index (κ3) is 5.06. The third-order valence-corrected chi connectivity index (χ3v) is 3.12. The predicted octanol–water partition coefficient (Wildman–Crippen LogP) is 2.51. The normalized spacial score (nSPS) is 9.94. The number of nitrogens with one attached hydrogen (secondary N) is 2. The minimum atomic E-state index is -0.0153. The molecule has 0 unspecified atom stereocenters. The molecule has 0 aliphatic carbocycles. The van der Waals surface area contributed by atoms with Crippen LogP contribution in [0.4, 0.5) is 5.69 Å². The van der Waals surface area contributed by atoms with Gasteiger partial charge >= 0.3 is 0 Å². The van der Waals surface area contributed by atoms with Crippen LogP contribution in [0, 0.1) is 0 Å². The lowest BCUT2D eigenvalue weighted by Gasteiger charge is -2.10.